The average Bonchev–Trinajstić information content (AvgIpc) is 3.71. The standard InChI is InChI=1S/C36H33N3O3S/c1-41-35(40)20-30-24-42-34-21-31(16-17-32(30)34)37-22-27-12-14-28(15-13-27)23-39(19-18-26-8-4-2-5-9-26)36-38-33(25-43-36)29-10-6-3-7-11-29/h2-17,21,24-25,37H,18-20,22-23H2,1H3. The van der Waals surface area contributed by atoms with Crippen molar-refractivity contribution in [2.24, 2.45) is 0 Å². The lowest BCUT2D eigenvalue weighted by molar-refractivity contribution is -0.139. The topological polar surface area (TPSA) is 67.6 Å². The van der Waals surface area contributed by atoms with Gasteiger partial charge in [-0.2, -0.15) is 0 Å². The highest BCUT2D eigenvalue weighted by Crippen LogP contribution is 2.29. The van der Waals surface area contributed by atoms with E-state index in [9.17, 15) is 4.79 Å². The minimum Gasteiger partial charge on any atom is -0.469 e. The molecule has 0 fully saturated rings. The van der Waals surface area contributed by atoms with Crippen LogP contribution in [0.15, 0.2) is 119 Å². The zero-order chi connectivity index (χ0) is 29.4. The summed E-state index contributed by atoms with van der Waals surface area (Å²) in [6.45, 7) is 2.35. The molecule has 0 aliphatic rings. The van der Waals surface area contributed by atoms with Gasteiger partial charge in [0.1, 0.15) is 5.58 Å². The second kappa shape index (κ2) is 13.4. The van der Waals surface area contributed by atoms with Gasteiger partial charge in [0.25, 0.3) is 0 Å². The van der Waals surface area contributed by atoms with E-state index in [2.05, 4.69) is 94.5 Å². The van der Waals surface area contributed by atoms with Crippen molar-refractivity contribution >= 4 is 39.1 Å². The first-order chi connectivity index (χ1) is 21.1. The Kier molecular flexibility index (Phi) is 8.80. The van der Waals surface area contributed by atoms with Crippen molar-refractivity contribution in [3.63, 3.8) is 0 Å². The molecule has 1 N–H and O–H groups in total. The van der Waals surface area contributed by atoms with Gasteiger partial charge in [0.2, 0.25) is 0 Å². The van der Waals surface area contributed by atoms with Gasteiger partial charge < -0.3 is 19.4 Å². The van der Waals surface area contributed by atoms with Gasteiger partial charge >= 0.3 is 5.97 Å². The van der Waals surface area contributed by atoms with Gasteiger partial charge in [-0.25, -0.2) is 4.98 Å². The molecule has 43 heavy (non-hydrogen) atoms. The van der Waals surface area contributed by atoms with Crippen LogP contribution in [0, 0.1) is 0 Å². The Morgan fingerprint density at radius 3 is 2.42 bits per heavy atom. The molecule has 6 nitrogen and oxygen atoms in total. The zero-order valence-electron chi connectivity index (χ0n) is 24.0. The van der Waals surface area contributed by atoms with Crippen LogP contribution in [-0.2, 0) is 35.5 Å². The third kappa shape index (κ3) is 7.13. The first-order valence-corrected chi connectivity index (χ1v) is 15.2. The monoisotopic (exact) mass is 587 g/mol. The van der Waals surface area contributed by atoms with E-state index in [1.165, 1.54) is 23.8 Å². The van der Waals surface area contributed by atoms with Crippen molar-refractivity contribution < 1.29 is 13.9 Å². The zero-order valence-corrected chi connectivity index (χ0v) is 24.8. The van der Waals surface area contributed by atoms with Crippen LogP contribution in [0.5, 0.6) is 0 Å². The van der Waals surface area contributed by atoms with Gasteiger partial charge in [-0.05, 0) is 35.2 Å². The van der Waals surface area contributed by atoms with E-state index in [-0.39, 0.29) is 12.4 Å². The molecule has 216 valence electrons. The summed E-state index contributed by atoms with van der Waals surface area (Å²) in [5.74, 6) is -0.281. The summed E-state index contributed by atoms with van der Waals surface area (Å²) < 4.78 is 10.5. The Morgan fingerprint density at radius 1 is 0.907 bits per heavy atom. The molecule has 7 heteroatoms. The summed E-state index contributed by atoms with van der Waals surface area (Å²) in [5.41, 5.74) is 8.43. The number of carbonyl (C=O) groups is 1. The van der Waals surface area contributed by atoms with Crippen LogP contribution in [0.2, 0.25) is 0 Å². The lowest BCUT2D eigenvalue weighted by Crippen LogP contribution is -2.25. The van der Waals surface area contributed by atoms with Crippen LogP contribution >= 0.6 is 11.3 Å². The van der Waals surface area contributed by atoms with Gasteiger partial charge in [0, 0.05) is 53.3 Å². The van der Waals surface area contributed by atoms with E-state index in [0.717, 1.165) is 58.1 Å². The fourth-order valence-electron chi connectivity index (χ4n) is 5.05. The SMILES string of the molecule is COC(=O)Cc1coc2cc(NCc3ccc(CN(CCc4ccccc4)c4nc(-c5ccccc5)cs4)cc3)ccc12. The van der Waals surface area contributed by atoms with Crippen molar-refractivity contribution in [3.8, 4) is 11.3 Å². The lowest BCUT2D eigenvalue weighted by Gasteiger charge is -2.22. The van der Waals surface area contributed by atoms with Crippen molar-refractivity contribution in [2.45, 2.75) is 25.9 Å². The van der Waals surface area contributed by atoms with E-state index in [1.807, 2.05) is 24.3 Å². The van der Waals surface area contributed by atoms with E-state index in [0.29, 0.717) is 6.54 Å². The Bertz CT molecular complexity index is 1780. The number of thiazole rings is 1. The van der Waals surface area contributed by atoms with Crippen LogP contribution in [0.25, 0.3) is 22.2 Å². The smallest absolute Gasteiger partial charge is 0.310 e. The molecular weight excluding hydrogens is 554 g/mol. The van der Waals surface area contributed by atoms with Crippen molar-refractivity contribution in [1.82, 2.24) is 4.98 Å². The van der Waals surface area contributed by atoms with Crippen LogP contribution in [-0.4, -0.2) is 24.6 Å². The van der Waals surface area contributed by atoms with E-state index in [4.69, 9.17) is 14.1 Å². The highest BCUT2D eigenvalue weighted by Gasteiger charge is 2.14. The molecule has 2 heterocycles. The molecule has 6 aromatic rings. The van der Waals surface area contributed by atoms with E-state index < -0.39 is 0 Å². The second-order valence-corrected chi connectivity index (χ2v) is 11.3. The number of nitrogens with one attached hydrogen (secondary N) is 1. The molecule has 0 amide bonds. The molecule has 0 saturated carbocycles. The molecule has 2 aromatic heterocycles. The molecule has 0 aliphatic heterocycles. The minimum atomic E-state index is -0.281. The van der Waals surface area contributed by atoms with Gasteiger partial charge in [-0.15, -0.1) is 11.3 Å². The molecule has 4 aromatic carbocycles. The van der Waals surface area contributed by atoms with Crippen LogP contribution < -0.4 is 10.2 Å². The number of hydrogen-bond donors (Lipinski definition) is 1. The summed E-state index contributed by atoms with van der Waals surface area (Å²) in [6.07, 6.45) is 2.78. The molecule has 0 bridgehead atoms. The second-order valence-electron chi connectivity index (χ2n) is 10.4. The number of hydrogen-bond acceptors (Lipinski definition) is 7. The number of methoxy groups -OCH3 is 1. The predicted octanol–water partition coefficient (Wildman–Crippen LogP) is 8.13. The fourth-order valence-corrected chi connectivity index (χ4v) is 5.91. The minimum absolute atomic E-state index is 0.197. The summed E-state index contributed by atoms with van der Waals surface area (Å²) in [7, 11) is 1.39. The number of carbonyl (C=O) groups excluding carboxylic acids is 1. The van der Waals surface area contributed by atoms with Crippen LogP contribution in [0.3, 0.4) is 0 Å². The normalized spacial score (nSPS) is 11.0. The maximum Gasteiger partial charge on any atom is 0.310 e. The molecule has 0 spiro atoms. The van der Waals surface area contributed by atoms with Gasteiger partial charge in [-0.1, -0.05) is 84.9 Å². The first kappa shape index (κ1) is 28.2. The van der Waals surface area contributed by atoms with Gasteiger partial charge in [0.05, 0.1) is 25.5 Å². The molecule has 6 rings (SSSR count). The van der Waals surface area contributed by atoms with Gasteiger partial charge in [0.15, 0.2) is 5.13 Å². The molecule has 0 saturated heterocycles. The summed E-state index contributed by atoms with van der Waals surface area (Å²) >= 11 is 1.70. The van der Waals surface area contributed by atoms with Crippen molar-refractivity contribution in [2.75, 3.05) is 23.9 Å². The third-order valence-electron chi connectivity index (χ3n) is 7.46. The van der Waals surface area contributed by atoms with Crippen molar-refractivity contribution in [3.05, 3.63) is 137 Å². The largest absolute Gasteiger partial charge is 0.469 e. The molecular formula is C36H33N3O3S. The van der Waals surface area contributed by atoms with E-state index >= 15 is 0 Å². The number of nitrogens with zero attached hydrogens (tertiary/aromatic N) is 2. The average molecular weight is 588 g/mol. The Balaban J connectivity index is 1.12. The summed E-state index contributed by atoms with van der Waals surface area (Å²) in [6, 6.07) is 35.7. The predicted molar refractivity (Wildman–Crippen MR) is 174 cm³/mol. The number of rotatable bonds is 12. The van der Waals surface area contributed by atoms with E-state index in [1.54, 1.807) is 17.6 Å². The highest BCUT2D eigenvalue weighted by molar-refractivity contribution is 7.14. The maximum atomic E-state index is 11.7. The fraction of sp³-hybridized carbons (Fsp3) is 0.167. The Labute approximate surface area is 255 Å². The Hall–Kier alpha value is -4.88. The molecule has 0 atom stereocenters. The number of esters is 1. The molecule has 0 radical (unpaired) electrons. The molecule has 0 aliphatic carbocycles. The van der Waals surface area contributed by atoms with Crippen LogP contribution in [0.4, 0.5) is 10.8 Å². The van der Waals surface area contributed by atoms with Crippen LogP contribution in [0.1, 0.15) is 22.3 Å². The Morgan fingerprint density at radius 2 is 1.65 bits per heavy atom. The lowest BCUT2D eigenvalue weighted by atomic mass is 10.1. The maximum absolute atomic E-state index is 11.7. The van der Waals surface area contributed by atoms with Crippen molar-refractivity contribution in [1.29, 1.82) is 0 Å². The number of fused-ring (bicyclic) bond motifs is 1. The first-order valence-electron chi connectivity index (χ1n) is 14.3. The number of anilines is 2. The third-order valence-corrected chi connectivity index (χ3v) is 8.36. The number of ether oxygens (including phenoxy) is 1. The molecule has 0 unspecified atom stereocenters. The summed E-state index contributed by atoms with van der Waals surface area (Å²) in [5, 5.41) is 7.59. The number of aromatic nitrogens is 1. The number of benzene rings is 4. The highest BCUT2D eigenvalue weighted by atomic mass is 32.1. The summed E-state index contributed by atoms with van der Waals surface area (Å²) in [4.78, 5) is 19.1. The van der Waals surface area contributed by atoms with Gasteiger partial charge in [-0.3, -0.25) is 4.79 Å². The number of furan rings is 1. The quantitative estimate of drug-likeness (QED) is 0.146.